The fourth-order valence-corrected chi connectivity index (χ4v) is 2.26. The zero-order valence-corrected chi connectivity index (χ0v) is 9.17. The van der Waals surface area contributed by atoms with E-state index in [-0.39, 0.29) is 18.3 Å². The Morgan fingerprint density at radius 1 is 1.59 bits per heavy atom. The molecular formula is C11H13FN2O3. The minimum atomic E-state index is -0.837. The summed E-state index contributed by atoms with van der Waals surface area (Å²) in [5.74, 6) is -0.837. The second kappa shape index (κ2) is 4.67. The van der Waals surface area contributed by atoms with Gasteiger partial charge in [0.2, 0.25) is 5.82 Å². The van der Waals surface area contributed by atoms with Crippen LogP contribution < -0.4 is 4.90 Å². The number of hydrogen-bond donors (Lipinski definition) is 1. The topological polar surface area (TPSA) is 66.6 Å². The third-order valence-corrected chi connectivity index (χ3v) is 3.05. The van der Waals surface area contributed by atoms with E-state index in [9.17, 15) is 19.6 Å². The molecule has 2 rings (SSSR count). The van der Waals surface area contributed by atoms with Crippen LogP contribution in [0.2, 0.25) is 0 Å². The number of halogens is 1. The molecule has 0 bridgehead atoms. The summed E-state index contributed by atoms with van der Waals surface area (Å²) in [6.45, 7) is 0.531. The molecular weight excluding hydrogens is 227 g/mol. The van der Waals surface area contributed by atoms with Crippen LogP contribution in [0.4, 0.5) is 15.8 Å². The Morgan fingerprint density at radius 2 is 2.35 bits per heavy atom. The van der Waals surface area contributed by atoms with E-state index in [2.05, 4.69) is 0 Å². The molecule has 0 aliphatic carbocycles. The van der Waals surface area contributed by atoms with Gasteiger partial charge in [-0.1, -0.05) is 6.07 Å². The van der Waals surface area contributed by atoms with E-state index in [0.29, 0.717) is 6.54 Å². The Morgan fingerprint density at radius 3 is 3.00 bits per heavy atom. The molecule has 1 aliphatic rings. The quantitative estimate of drug-likeness (QED) is 0.645. The van der Waals surface area contributed by atoms with Crippen molar-refractivity contribution in [1.29, 1.82) is 0 Å². The first-order chi connectivity index (χ1) is 8.15. The highest BCUT2D eigenvalue weighted by atomic mass is 19.1. The molecule has 1 fully saturated rings. The van der Waals surface area contributed by atoms with Gasteiger partial charge in [0.15, 0.2) is 0 Å². The SMILES string of the molecule is O=[N+]([O-])c1c(F)cccc1N1CCC[C@@H]1CO. The highest BCUT2D eigenvalue weighted by molar-refractivity contribution is 5.64. The van der Waals surface area contributed by atoms with E-state index < -0.39 is 16.4 Å². The summed E-state index contributed by atoms with van der Waals surface area (Å²) >= 11 is 0. The van der Waals surface area contributed by atoms with Crippen molar-refractivity contribution < 1.29 is 14.4 Å². The molecule has 0 amide bonds. The largest absolute Gasteiger partial charge is 0.394 e. The van der Waals surface area contributed by atoms with Gasteiger partial charge in [-0.3, -0.25) is 10.1 Å². The van der Waals surface area contributed by atoms with Crippen LogP contribution in [0.5, 0.6) is 0 Å². The third kappa shape index (κ3) is 2.08. The number of hydrogen-bond acceptors (Lipinski definition) is 4. The van der Waals surface area contributed by atoms with E-state index in [4.69, 9.17) is 0 Å². The number of aliphatic hydroxyl groups excluding tert-OH is 1. The van der Waals surface area contributed by atoms with Gasteiger partial charge in [0.25, 0.3) is 0 Å². The van der Waals surface area contributed by atoms with Crippen LogP contribution in [0, 0.1) is 15.9 Å². The molecule has 0 spiro atoms. The maximum absolute atomic E-state index is 13.5. The first-order valence-corrected chi connectivity index (χ1v) is 5.45. The molecule has 0 saturated carbocycles. The molecule has 0 aromatic heterocycles. The fourth-order valence-electron chi connectivity index (χ4n) is 2.26. The van der Waals surface area contributed by atoms with Gasteiger partial charge in [0.05, 0.1) is 17.6 Å². The number of aliphatic hydroxyl groups is 1. The Balaban J connectivity index is 2.44. The van der Waals surface area contributed by atoms with Crippen LogP contribution in [0.1, 0.15) is 12.8 Å². The van der Waals surface area contributed by atoms with Crippen molar-refractivity contribution >= 4 is 11.4 Å². The standard InChI is InChI=1S/C11H13FN2O3/c12-9-4-1-5-10(11(9)14(16)17)13-6-2-3-8(13)7-15/h1,4-5,8,15H,2-3,6-7H2/t8-/m1/s1. The Labute approximate surface area is 97.6 Å². The van der Waals surface area contributed by atoms with Gasteiger partial charge in [-0.15, -0.1) is 0 Å². The van der Waals surface area contributed by atoms with Crippen LogP contribution in [0.3, 0.4) is 0 Å². The lowest BCUT2D eigenvalue weighted by Gasteiger charge is -2.24. The normalized spacial score (nSPS) is 19.6. The van der Waals surface area contributed by atoms with Crippen LogP contribution in [0.15, 0.2) is 18.2 Å². The number of nitro benzene ring substituents is 1. The Kier molecular flexibility index (Phi) is 3.23. The number of nitro groups is 1. The summed E-state index contributed by atoms with van der Waals surface area (Å²) in [5, 5.41) is 20.1. The van der Waals surface area contributed by atoms with Gasteiger partial charge in [-0.25, -0.2) is 0 Å². The predicted molar refractivity (Wildman–Crippen MR) is 60.5 cm³/mol. The zero-order valence-electron chi connectivity index (χ0n) is 9.17. The average molecular weight is 240 g/mol. The van der Waals surface area contributed by atoms with Gasteiger partial charge in [0, 0.05) is 6.54 Å². The van der Waals surface area contributed by atoms with Crippen molar-refractivity contribution in [2.24, 2.45) is 0 Å². The second-order valence-corrected chi connectivity index (χ2v) is 4.04. The summed E-state index contributed by atoms with van der Waals surface area (Å²) < 4.78 is 13.5. The fraction of sp³-hybridized carbons (Fsp3) is 0.455. The molecule has 17 heavy (non-hydrogen) atoms. The van der Waals surface area contributed by atoms with Crippen molar-refractivity contribution in [3.63, 3.8) is 0 Å². The minimum Gasteiger partial charge on any atom is -0.394 e. The molecule has 1 aromatic carbocycles. The molecule has 0 unspecified atom stereocenters. The van der Waals surface area contributed by atoms with Crippen molar-refractivity contribution in [3.8, 4) is 0 Å². The molecule has 5 nitrogen and oxygen atoms in total. The average Bonchev–Trinajstić information content (AvgIpc) is 2.75. The molecule has 1 atom stereocenters. The van der Waals surface area contributed by atoms with Gasteiger partial charge in [-0.05, 0) is 25.0 Å². The lowest BCUT2D eigenvalue weighted by atomic mass is 10.2. The molecule has 1 N–H and O–H groups in total. The summed E-state index contributed by atoms with van der Waals surface area (Å²) in [6, 6.07) is 3.89. The maximum Gasteiger partial charge on any atom is 0.327 e. The Hall–Kier alpha value is -1.69. The van der Waals surface area contributed by atoms with Gasteiger partial charge in [-0.2, -0.15) is 4.39 Å². The number of nitrogens with zero attached hydrogens (tertiary/aromatic N) is 2. The Bertz CT molecular complexity index is 439. The molecule has 0 radical (unpaired) electrons. The van der Waals surface area contributed by atoms with Crippen molar-refractivity contribution in [2.75, 3.05) is 18.1 Å². The molecule has 1 aromatic rings. The number of rotatable bonds is 3. The summed E-state index contributed by atoms with van der Waals surface area (Å²) in [6.07, 6.45) is 1.61. The van der Waals surface area contributed by atoms with Crippen LogP contribution in [-0.4, -0.2) is 29.2 Å². The van der Waals surface area contributed by atoms with E-state index in [1.807, 2.05) is 0 Å². The molecule has 1 aliphatic heterocycles. The predicted octanol–water partition coefficient (Wildman–Crippen LogP) is 1.69. The first-order valence-electron chi connectivity index (χ1n) is 5.45. The van der Waals surface area contributed by atoms with Crippen molar-refractivity contribution in [1.82, 2.24) is 0 Å². The maximum atomic E-state index is 13.5. The number of anilines is 1. The van der Waals surface area contributed by atoms with Crippen molar-refractivity contribution in [2.45, 2.75) is 18.9 Å². The highest BCUT2D eigenvalue weighted by Gasteiger charge is 2.31. The summed E-state index contributed by atoms with van der Waals surface area (Å²) in [5.41, 5.74) is -0.251. The van der Waals surface area contributed by atoms with Crippen LogP contribution >= 0.6 is 0 Å². The van der Waals surface area contributed by atoms with E-state index in [1.54, 1.807) is 4.90 Å². The monoisotopic (exact) mass is 240 g/mol. The minimum absolute atomic E-state index is 0.0757. The van der Waals surface area contributed by atoms with E-state index in [1.165, 1.54) is 12.1 Å². The molecule has 1 heterocycles. The molecule has 92 valence electrons. The van der Waals surface area contributed by atoms with E-state index >= 15 is 0 Å². The highest BCUT2D eigenvalue weighted by Crippen LogP contribution is 2.35. The van der Waals surface area contributed by atoms with Gasteiger partial charge >= 0.3 is 5.69 Å². The summed E-state index contributed by atoms with van der Waals surface area (Å²) in [4.78, 5) is 11.9. The molecule has 1 saturated heterocycles. The number of para-hydroxylation sites is 1. The van der Waals surface area contributed by atoms with Crippen LogP contribution in [0.25, 0.3) is 0 Å². The second-order valence-electron chi connectivity index (χ2n) is 4.04. The smallest absolute Gasteiger partial charge is 0.327 e. The van der Waals surface area contributed by atoms with Gasteiger partial charge < -0.3 is 10.0 Å². The van der Waals surface area contributed by atoms with Crippen molar-refractivity contribution in [3.05, 3.63) is 34.1 Å². The summed E-state index contributed by atoms with van der Waals surface area (Å²) in [7, 11) is 0. The zero-order chi connectivity index (χ0) is 12.4. The lowest BCUT2D eigenvalue weighted by molar-refractivity contribution is -0.386. The number of benzene rings is 1. The van der Waals surface area contributed by atoms with Gasteiger partial charge in [0.1, 0.15) is 5.69 Å². The van der Waals surface area contributed by atoms with Crippen LogP contribution in [-0.2, 0) is 0 Å². The lowest BCUT2D eigenvalue weighted by Crippen LogP contribution is -2.32. The molecule has 6 heteroatoms. The third-order valence-electron chi connectivity index (χ3n) is 3.05. The van der Waals surface area contributed by atoms with E-state index in [0.717, 1.165) is 18.9 Å². The first kappa shape index (κ1) is 11.8.